The van der Waals surface area contributed by atoms with Gasteiger partial charge in [0.1, 0.15) is 16.2 Å². The topological polar surface area (TPSA) is 35.0 Å². The van der Waals surface area contributed by atoms with Gasteiger partial charge in [-0.15, -0.1) is 0 Å². The molecule has 1 aromatic heterocycles. The molecule has 0 fully saturated rings. The van der Waals surface area contributed by atoms with E-state index in [-0.39, 0.29) is 0 Å². The first-order valence-electron chi connectivity index (χ1n) is 5.99. The van der Waals surface area contributed by atoms with E-state index in [9.17, 15) is 0 Å². The Morgan fingerprint density at radius 3 is 2.72 bits per heavy atom. The molecule has 1 aromatic carbocycles. The summed E-state index contributed by atoms with van der Waals surface area (Å²) in [5.41, 5.74) is 1.95. The van der Waals surface area contributed by atoms with Gasteiger partial charge in [-0.05, 0) is 41.1 Å². The zero-order valence-electron chi connectivity index (χ0n) is 10.5. The average Bonchev–Trinajstić information content (AvgIpc) is 2.39. The lowest BCUT2D eigenvalue weighted by Crippen LogP contribution is -1.96. The molecule has 0 aliphatic rings. The van der Waals surface area contributed by atoms with Crippen molar-refractivity contribution >= 4 is 15.9 Å². The van der Waals surface area contributed by atoms with E-state index in [0.29, 0.717) is 6.61 Å². The molecule has 0 radical (unpaired) electrons. The van der Waals surface area contributed by atoms with E-state index in [1.165, 1.54) is 0 Å². The van der Waals surface area contributed by atoms with Crippen LogP contribution in [0.2, 0.25) is 0 Å². The second-order valence-electron chi connectivity index (χ2n) is 3.81. The van der Waals surface area contributed by atoms with Crippen molar-refractivity contribution in [3.05, 3.63) is 40.8 Å². The van der Waals surface area contributed by atoms with Crippen molar-refractivity contribution in [2.75, 3.05) is 6.61 Å². The number of ether oxygens (including phenoxy) is 1. The molecule has 0 atom stereocenters. The fraction of sp³-hybridized carbons (Fsp3) is 0.286. The Morgan fingerprint density at radius 2 is 2.00 bits per heavy atom. The Kier molecular flexibility index (Phi) is 4.31. The molecule has 0 bridgehead atoms. The normalized spacial score (nSPS) is 10.4. The summed E-state index contributed by atoms with van der Waals surface area (Å²) in [6.07, 6.45) is 0.817. The van der Waals surface area contributed by atoms with Gasteiger partial charge >= 0.3 is 0 Å². The van der Waals surface area contributed by atoms with Gasteiger partial charge in [0.05, 0.1) is 12.3 Å². The Balaban J connectivity index is 2.41. The highest BCUT2D eigenvalue weighted by molar-refractivity contribution is 9.10. The first kappa shape index (κ1) is 13.0. The largest absolute Gasteiger partial charge is 0.494 e. The molecule has 0 aliphatic carbocycles. The smallest absolute Gasteiger partial charge is 0.130 e. The highest BCUT2D eigenvalue weighted by Crippen LogP contribution is 2.24. The van der Waals surface area contributed by atoms with Crippen LogP contribution in [0.25, 0.3) is 11.3 Å². The van der Waals surface area contributed by atoms with E-state index < -0.39 is 0 Å². The van der Waals surface area contributed by atoms with E-state index in [0.717, 1.165) is 33.9 Å². The minimum atomic E-state index is 0.664. The maximum Gasteiger partial charge on any atom is 0.130 e. The average molecular weight is 307 g/mol. The molecule has 0 aliphatic heterocycles. The number of benzene rings is 1. The first-order valence-corrected chi connectivity index (χ1v) is 6.79. The fourth-order valence-electron chi connectivity index (χ4n) is 1.68. The fourth-order valence-corrected chi connectivity index (χ4v) is 2.10. The number of hydrogen-bond acceptors (Lipinski definition) is 3. The SMILES string of the molecule is CCOc1cccc(-c2cc(Br)nc(CC)n2)c1. The summed E-state index contributed by atoms with van der Waals surface area (Å²) in [7, 11) is 0. The molecule has 0 saturated heterocycles. The molecule has 2 aromatic rings. The maximum atomic E-state index is 5.50. The zero-order chi connectivity index (χ0) is 13.0. The van der Waals surface area contributed by atoms with Crippen LogP contribution in [0.1, 0.15) is 19.7 Å². The Morgan fingerprint density at radius 1 is 1.17 bits per heavy atom. The molecule has 0 spiro atoms. The standard InChI is InChI=1S/C14H15BrN2O/c1-3-14-16-12(9-13(15)17-14)10-6-5-7-11(8-10)18-4-2/h5-9H,3-4H2,1-2H3. The molecule has 0 unspecified atom stereocenters. The molecule has 0 saturated carbocycles. The van der Waals surface area contributed by atoms with Gasteiger partial charge < -0.3 is 4.74 Å². The van der Waals surface area contributed by atoms with Gasteiger partial charge in [-0.2, -0.15) is 0 Å². The van der Waals surface area contributed by atoms with E-state index in [2.05, 4.69) is 25.9 Å². The van der Waals surface area contributed by atoms with Crippen LogP contribution in [0.3, 0.4) is 0 Å². The number of halogens is 1. The first-order chi connectivity index (χ1) is 8.72. The molecule has 18 heavy (non-hydrogen) atoms. The van der Waals surface area contributed by atoms with Crippen molar-refractivity contribution < 1.29 is 4.74 Å². The second-order valence-corrected chi connectivity index (χ2v) is 4.62. The van der Waals surface area contributed by atoms with Crippen LogP contribution in [0.5, 0.6) is 5.75 Å². The number of aryl methyl sites for hydroxylation is 1. The van der Waals surface area contributed by atoms with Crippen LogP contribution >= 0.6 is 15.9 Å². The van der Waals surface area contributed by atoms with Gasteiger partial charge in [0.2, 0.25) is 0 Å². The molecular weight excluding hydrogens is 292 g/mol. The van der Waals surface area contributed by atoms with Gasteiger partial charge in [-0.3, -0.25) is 0 Å². The quantitative estimate of drug-likeness (QED) is 0.804. The third kappa shape index (κ3) is 3.07. The van der Waals surface area contributed by atoms with Crippen molar-refractivity contribution in [2.45, 2.75) is 20.3 Å². The number of nitrogens with zero attached hydrogens (tertiary/aromatic N) is 2. The third-order valence-corrected chi connectivity index (χ3v) is 2.90. The molecule has 3 nitrogen and oxygen atoms in total. The lowest BCUT2D eigenvalue weighted by molar-refractivity contribution is 0.340. The molecule has 1 heterocycles. The molecular formula is C14H15BrN2O. The van der Waals surface area contributed by atoms with Crippen LogP contribution in [-0.4, -0.2) is 16.6 Å². The van der Waals surface area contributed by atoms with Crippen LogP contribution < -0.4 is 4.74 Å². The third-order valence-electron chi connectivity index (χ3n) is 2.50. The summed E-state index contributed by atoms with van der Waals surface area (Å²) >= 11 is 3.42. The molecule has 2 rings (SSSR count). The predicted molar refractivity (Wildman–Crippen MR) is 75.7 cm³/mol. The van der Waals surface area contributed by atoms with Crippen LogP contribution in [0, 0.1) is 0 Å². The van der Waals surface area contributed by atoms with Crippen molar-refractivity contribution in [1.29, 1.82) is 0 Å². The Hall–Kier alpha value is -1.42. The minimum absolute atomic E-state index is 0.664. The maximum absolute atomic E-state index is 5.50. The predicted octanol–water partition coefficient (Wildman–Crippen LogP) is 3.87. The Bertz CT molecular complexity index is 543. The second kappa shape index (κ2) is 5.96. The van der Waals surface area contributed by atoms with Gasteiger partial charge in [0.25, 0.3) is 0 Å². The van der Waals surface area contributed by atoms with E-state index in [1.54, 1.807) is 0 Å². The monoisotopic (exact) mass is 306 g/mol. The van der Waals surface area contributed by atoms with E-state index in [4.69, 9.17) is 4.74 Å². The summed E-state index contributed by atoms with van der Waals surface area (Å²) in [5.74, 6) is 1.70. The number of rotatable bonds is 4. The van der Waals surface area contributed by atoms with Gasteiger partial charge in [-0.1, -0.05) is 19.1 Å². The van der Waals surface area contributed by atoms with Crippen LogP contribution in [0.15, 0.2) is 34.9 Å². The molecule has 0 N–H and O–H groups in total. The summed E-state index contributed by atoms with van der Waals surface area (Å²) < 4.78 is 6.31. The van der Waals surface area contributed by atoms with E-state index >= 15 is 0 Å². The van der Waals surface area contributed by atoms with Crippen LogP contribution in [-0.2, 0) is 6.42 Å². The van der Waals surface area contributed by atoms with Gasteiger partial charge in [-0.25, -0.2) is 9.97 Å². The number of aromatic nitrogens is 2. The molecule has 4 heteroatoms. The molecule has 0 amide bonds. The minimum Gasteiger partial charge on any atom is -0.494 e. The van der Waals surface area contributed by atoms with Gasteiger partial charge in [0, 0.05) is 12.0 Å². The van der Waals surface area contributed by atoms with E-state index in [1.807, 2.05) is 44.2 Å². The summed E-state index contributed by atoms with van der Waals surface area (Å²) in [5, 5.41) is 0. The lowest BCUT2D eigenvalue weighted by atomic mass is 10.1. The number of hydrogen-bond donors (Lipinski definition) is 0. The summed E-state index contributed by atoms with van der Waals surface area (Å²) in [6.45, 7) is 4.68. The Labute approximate surface area is 115 Å². The van der Waals surface area contributed by atoms with Crippen molar-refractivity contribution in [3.8, 4) is 17.0 Å². The molecule has 94 valence electrons. The van der Waals surface area contributed by atoms with Crippen LogP contribution in [0.4, 0.5) is 0 Å². The summed E-state index contributed by atoms with van der Waals surface area (Å²) in [6, 6.07) is 9.87. The lowest BCUT2D eigenvalue weighted by Gasteiger charge is -2.07. The summed E-state index contributed by atoms with van der Waals surface area (Å²) in [4.78, 5) is 8.84. The van der Waals surface area contributed by atoms with Crippen molar-refractivity contribution in [1.82, 2.24) is 9.97 Å². The van der Waals surface area contributed by atoms with Crippen molar-refractivity contribution in [2.24, 2.45) is 0 Å². The highest BCUT2D eigenvalue weighted by atomic mass is 79.9. The highest BCUT2D eigenvalue weighted by Gasteiger charge is 2.05. The van der Waals surface area contributed by atoms with Gasteiger partial charge in [0.15, 0.2) is 0 Å². The van der Waals surface area contributed by atoms with Crippen molar-refractivity contribution in [3.63, 3.8) is 0 Å². The zero-order valence-corrected chi connectivity index (χ0v) is 12.1.